The van der Waals surface area contributed by atoms with E-state index < -0.39 is 41.8 Å². The highest BCUT2D eigenvalue weighted by molar-refractivity contribution is 6.10. The van der Waals surface area contributed by atoms with Gasteiger partial charge < -0.3 is 14.8 Å². The molecule has 0 bridgehead atoms. The molecule has 2 aliphatic carbocycles. The molecule has 1 aliphatic heterocycles. The quantitative estimate of drug-likeness (QED) is 0.328. The summed E-state index contributed by atoms with van der Waals surface area (Å²) in [6.07, 6.45) is -0.739. The van der Waals surface area contributed by atoms with Crippen molar-refractivity contribution in [3.05, 3.63) is 76.4 Å². The van der Waals surface area contributed by atoms with E-state index in [1.165, 1.54) is 11.2 Å². The second-order valence-corrected chi connectivity index (χ2v) is 12.3. The van der Waals surface area contributed by atoms with E-state index >= 15 is 0 Å². The van der Waals surface area contributed by atoms with Gasteiger partial charge in [-0.15, -0.1) is 10.2 Å². The van der Waals surface area contributed by atoms with Crippen LogP contribution in [0.25, 0.3) is 0 Å². The van der Waals surface area contributed by atoms with Gasteiger partial charge >= 0.3 is 6.18 Å². The molecule has 3 aliphatic rings. The monoisotopic (exact) mass is 573 g/mol. The first-order valence-corrected chi connectivity index (χ1v) is 13.8. The number of aromatic nitrogens is 3. The van der Waals surface area contributed by atoms with E-state index in [-0.39, 0.29) is 35.7 Å². The molecule has 2 fully saturated rings. The molecule has 41 heavy (non-hydrogen) atoms. The Morgan fingerprint density at radius 2 is 1.85 bits per heavy atom. The fraction of sp³-hybridized carbons (Fsp3) is 0.500. The molecule has 2 aromatic carbocycles. The third-order valence-electron chi connectivity index (χ3n) is 9.16. The average molecular weight is 574 g/mol. The highest BCUT2D eigenvalue weighted by Crippen LogP contribution is 2.55. The zero-order valence-corrected chi connectivity index (χ0v) is 23.2. The molecule has 6 nitrogen and oxygen atoms in total. The Balaban J connectivity index is 1.34. The van der Waals surface area contributed by atoms with Crippen molar-refractivity contribution in [2.24, 2.45) is 7.05 Å². The Morgan fingerprint density at radius 1 is 1.12 bits per heavy atom. The first kappa shape index (κ1) is 27.8. The van der Waals surface area contributed by atoms with E-state index in [2.05, 4.69) is 22.4 Å². The SMILES string of the molecule is C[C@H](NC1(C)CCC1)c1cc2c(c(C(F)(F)F)c1)CN(c1cccc(C3(Cc4nncn4C)CC(F)(F)C3)c1)C2=O. The minimum Gasteiger partial charge on any atom is -0.321 e. The molecule has 11 heteroatoms. The lowest BCUT2D eigenvalue weighted by atomic mass is 9.60. The highest BCUT2D eigenvalue weighted by atomic mass is 19.4. The number of hydrogen-bond donors (Lipinski definition) is 1. The van der Waals surface area contributed by atoms with Gasteiger partial charge in [-0.3, -0.25) is 4.79 Å². The van der Waals surface area contributed by atoms with Crippen LogP contribution in [-0.2, 0) is 31.6 Å². The zero-order valence-electron chi connectivity index (χ0n) is 23.2. The molecule has 0 radical (unpaired) electrons. The van der Waals surface area contributed by atoms with Gasteiger partial charge in [0.25, 0.3) is 5.91 Å². The summed E-state index contributed by atoms with van der Waals surface area (Å²) in [5.74, 6) is -2.82. The summed E-state index contributed by atoms with van der Waals surface area (Å²) in [4.78, 5) is 15.0. The molecule has 2 heterocycles. The van der Waals surface area contributed by atoms with Gasteiger partial charge in [0.15, 0.2) is 0 Å². The van der Waals surface area contributed by atoms with Gasteiger partial charge in [-0.05, 0) is 74.1 Å². The number of alkyl halides is 5. The van der Waals surface area contributed by atoms with Crippen LogP contribution in [0.2, 0.25) is 0 Å². The number of halogens is 5. The summed E-state index contributed by atoms with van der Waals surface area (Å²) in [6.45, 7) is 3.62. The maximum atomic E-state index is 14.3. The summed E-state index contributed by atoms with van der Waals surface area (Å²) in [5.41, 5.74) is -0.547. The molecule has 1 N–H and O–H groups in total. The Labute approximate surface area is 234 Å². The summed E-state index contributed by atoms with van der Waals surface area (Å²) < 4.78 is 73.1. The van der Waals surface area contributed by atoms with Gasteiger partial charge in [-0.25, -0.2) is 8.78 Å². The second kappa shape index (κ2) is 9.34. The fourth-order valence-electron chi connectivity index (χ4n) is 6.74. The molecule has 218 valence electrons. The smallest absolute Gasteiger partial charge is 0.321 e. The van der Waals surface area contributed by atoms with Crippen molar-refractivity contribution in [1.29, 1.82) is 0 Å². The van der Waals surface area contributed by atoms with Gasteiger partial charge in [0.2, 0.25) is 5.92 Å². The van der Waals surface area contributed by atoms with Crippen LogP contribution in [0.1, 0.15) is 90.4 Å². The number of nitrogens with zero attached hydrogens (tertiary/aromatic N) is 4. The molecule has 2 saturated carbocycles. The Bertz CT molecular complexity index is 1500. The van der Waals surface area contributed by atoms with Crippen LogP contribution < -0.4 is 10.2 Å². The van der Waals surface area contributed by atoms with Gasteiger partial charge in [0.05, 0.1) is 12.1 Å². The van der Waals surface area contributed by atoms with Crippen LogP contribution in [-0.4, -0.2) is 32.1 Å². The third kappa shape index (κ3) is 4.91. The lowest BCUT2D eigenvalue weighted by Crippen LogP contribution is -2.51. The topological polar surface area (TPSA) is 63.0 Å². The number of carbonyl (C=O) groups excluding carboxylic acids is 1. The van der Waals surface area contributed by atoms with Crippen molar-refractivity contribution in [1.82, 2.24) is 20.1 Å². The molecular formula is C30H32F5N5O. The van der Waals surface area contributed by atoms with Gasteiger partial charge in [-0.1, -0.05) is 12.1 Å². The molecule has 0 unspecified atom stereocenters. The highest BCUT2D eigenvalue weighted by Gasteiger charge is 2.57. The number of anilines is 1. The fourth-order valence-corrected chi connectivity index (χ4v) is 6.74. The van der Waals surface area contributed by atoms with Crippen LogP contribution in [0.5, 0.6) is 0 Å². The standard InChI is InChI=1S/C30H32F5N5O/c1-18(37-27(2)8-5-9-27)19-10-22-23(24(11-19)30(33,34)35)14-40(26(22)41)21-7-4-6-20(12-21)28(15-29(31,32)16-28)13-25-38-36-17-39(25)3/h4,6-7,10-12,17-18,37H,5,8-9,13-16H2,1-3H3/t18-/m0/s1. The van der Waals surface area contributed by atoms with Crippen molar-refractivity contribution in [2.45, 2.75) is 88.0 Å². The summed E-state index contributed by atoms with van der Waals surface area (Å²) in [5, 5.41) is 11.4. The van der Waals surface area contributed by atoms with Gasteiger partial charge in [-0.2, -0.15) is 13.2 Å². The number of rotatable bonds is 7. The second-order valence-electron chi connectivity index (χ2n) is 12.3. The molecule has 1 atom stereocenters. The predicted octanol–water partition coefficient (Wildman–Crippen LogP) is 6.50. The number of carbonyl (C=O) groups is 1. The van der Waals surface area contributed by atoms with Crippen LogP contribution in [0.3, 0.4) is 0 Å². The van der Waals surface area contributed by atoms with Crippen LogP contribution in [0, 0.1) is 0 Å². The number of hydrogen-bond acceptors (Lipinski definition) is 4. The molecule has 6 rings (SSSR count). The number of aryl methyl sites for hydroxylation is 1. The lowest BCUT2D eigenvalue weighted by Gasteiger charge is -2.48. The van der Waals surface area contributed by atoms with E-state index in [1.807, 2.05) is 6.92 Å². The Morgan fingerprint density at radius 3 is 2.44 bits per heavy atom. The maximum absolute atomic E-state index is 14.3. The van der Waals surface area contributed by atoms with E-state index in [4.69, 9.17) is 0 Å². The molecule has 1 aromatic heterocycles. The number of nitrogens with one attached hydrogen (secondary N) is 1. The number of benzene rings is 2. The largest absolute Gasteiger partial charge is 0.416 e. The predicted molar refractivity (Wildman–Crippen MR) is 143 cm³/mol. The molecule has 0 spiro atoms. The number of fused-ring (bicyclic) bond motifs is 1. The molecule has 1 amide bonds. The van der Waals surface area contributed by atoms with Crippen molar-refractivity contribution in [2.75, 3.05) is 4.90 Å². The van der Waals surface area contributed by atoms with Gasteiger partial charge in [0.1, 0.15) is 12.2 Å². The van der Waals surface area contributed by atoms with E-state index in [1.54, 1.807) is 41.9 Å². The van der Waals surface area contributed by atoms with Crippen molar-refractivity contribution < 1.29 is 26.7 Å². The minimum absolute atomic E-state index is 0.0246. The molecular weight excluding hydrogens is 541 g/mol. The summed E-state index contributed by atoms with van der Waals surface area (Å²) >= 11 is 0. The zero-order chi connectivity index (χ0) is 29.4. The average Bonchev–Trinajstić information content (AvgIpc) is 3.42. The third-order valence-corrected chi connectivity index (χ3v) is 9.16. The summed E-state index contributed by atoms with van der Waals surface area (Å²) in [6, 6.07) is 9.03. The van der Waals surface area contributed by atoms with Crippen molar-refractivity contribution in [3.63, 3.8) is 0 Å². The summed E-state index contributed by atoms with van der Waals surface area (Å²) in [7, 11) is 1.74. The lowest BCUT2D eigenvalue weighted by molar-refractivity contribution is -0.138. The van der Waals surface area contributed by atoms with E-state index in [9.17, 15) is 26.7 Å². The Kier molecular flexibility index (Phi) is 6.33. The first-order valence-electron chi connectivity index (χ1n) is 13.8. The van der Waals surface area contributed by atoms with Crippen LogP contribution in [0.4, 0.5) is 27.6 Å². The van der Waals surface area contributed by atoms with Crippen LogP contribution >= 0.6 is 0 Å². The Hall–Kier alpha value is -3.34. The van der Waals surface area contributed by atoms with Crippen molar-refractivity contribution >= 4 is 11.6 Å². The van der Waals surface area contributed by atoms with E-state index in [0.717, 1.165) is 25.3 Å². The molecule has 3 aromatic rings. The van der Waals surface area contributed by atoms with Gasteiger partial charge in [0, 0.05) is 54.6 Å². The van der Waals surface area contributed by atoms with Crippen LogP contribution in [0.15, 0.2) is 42.7 Å². The number of amides is 1. The normalized spacial score (nSPS) is 21.3. The molecule has 0 saturated heterocycles. The maximum Gasteiger partial charge on any atom is 0.416 e. The van der Waals surface area contributed by atoms with E-state index in [0.29, 0.717) is 22.6 Å². The van der Waals surface area contributed by atoms with Crippen molar-refractivity contribution in [3.8, 4) is 0 Å². The minimum atomic E-state index is -4.64. The first-order chi connectivity index (χ1) is 19.2.